The van der Waals surface area contributed by atoms with Crippen LogP contribution in [-0.2, 0) is 20.8 Å². The molecule has 1 saturated heterocycles. The number of nitrogens with one attached hydrogen (secondary N) is 1. The fraction of sp³-hybridized carbons (Fsp3) is 0.412. The van der Waals surface area contributed by atoms with Crippen molar-refractivity contribution in [3.05, 3.63) is 77.9 Å². The monoisotopic (exact) mass is 617 g/mol. The molecule has 1 unspecified atom stereocenters. The predicted molar refractivity (Wildman–Crippen MR) is 171 cm³/mol. The maximum absolute atomic E-state index is 14.2. The highest BCUT2D eigenvalue weighted by Crippen LogP contribution is 2.27. The Morgan fingerprint density at radius 2 is 1.69 bits per heavy atom. The van der Waals surface area contributed by atoms with Crippen molar-refractivity contribution in [2.45, 2.75) is 82.8 Å². The Balaban J connectivity index is 1.74. The summed E-state index contributed by atoms with van der Waals surface area (Å²) in [7, 11) is 0. The number of hydrogen-bond donors (Lipinski definition) is 5. The maximum Gasteiger partial charge on any atom is 0.262 e. The lowest BCUT2D eigenvalue weighted by atomic mass is 10.0. The lowest BCUT2D eigenvalue weighted by Crippen LogP contribution is -2.64. The SMILES string of the molecule is CC(C)(C)N1CCC[C@H]1C(=O)NC([C@H](O)CCc1ccc(O)cc1)N(C(=O)c1ccc2ccccc2c1)C(=O)[C@@H](N)CC(N)=O. The number of amides is 4. The number of benzene rings is 3. The lowest BCUT2D eigenvalue weighted by molar-refractivity contribution is -0.140. The van der Waals surface area contributed by atoms with Gasteiger partial charge in [0.25, 0.3) is 5.91 Å². The highest BCUT2D eigenvalue weighted by Gasteiger charge is 2.42. The van der Waals surface area contributed by atoms with Crippen LogP contribution in [0, 0.1) is 0 Å². The summed E-state index contributed by atoms with van der Waals surface area (Å²) < 4.78 is 0. The van der Waals surface area contributed by atoms with Gasteiger partial charge in [-0.15, -0.1) is 0 Å². The molecule has 4 amide bonds. The van der Waals surface area contributed by atoms with Gasteiger partial charge in [0.15, 0.2) is 0 Å². The minimum absolute atomic E-state index is 0.0449. The molecule has 11 heteroatoms. The Morgan fingerprint density at radius 3 is 2.33 bits per heavy atom. The number of primary amides is 1. The van der Waals surface area contributed by atoms with Crippen LogP contribution >= 0.6 is 0 Å². The first-order chi connectivity index (χ1) is 21.3. The van der Waals surface area contributed by atoms with E-state index in [0.717, 1.165) is 27.7 Å². The number of hydrogen-bond acceptors (Lipinski definition) is 8. The van der Waals surface area contributed by atoms with Crippen molar-refractivity contribution >= 4 is 34.4 Å². The van der Waals surface area contributed by atoms with Crippen molar-refractivity contribution in [3.8, 4) is 5.75 Å². The van der Waals surface area contributed by atoms with Crippen LogP contribution in [0.25, 0.3) is 10.8 Å². The van der Waals surface area contributed by atoms with E-state index in [0.29, 0.717) is 19.4 Å². The molecule has 11 nitrogen and oxygen atoms in total. The molecule has 3 aromatic rings. The molecule has 0 aromatic heterocycles. The number of phenols is 1. The second kappa shape index (κ2) is 14.2. The van der Waals surface area contributed by atoms with Crippen LogP contribution in [-0.4, -0.2) is 80.1 Å². The molecule has 1 fully saturated rings. The number of carbonyl (C=O) groups is 4. The zero-order valence-electron chi connectivity index (χ0n) is 26.0. The summed E-state index contributed by atoms with van der Waals surface area (Å²) >= 11 is 0. The van der Waals surface area contributed by atoms with E-state index in [2.05, 4.69) is 10.2 Å². The van der Waals surface area contributed by atoms with Gasteiger partial charge in [-0.3, -0.25) is 29.0 Å². The average Bonchev–Trinajstić information content (AvgIpc) is 3.51. The Bertz CT molecular complexity index is 1540. The van der Waals surface area contributed by atoms with E-state index >= 15 is 0 Å². The third-order valence-electron chi connectivity index (χ3n) is 8.21. The van der Waals surface area contributed by atoms with Crippen LogP contribution in [0.15, 0.2) is 66.7 Å². The summed E-state index contributed by atoms with van der Waals surface area (Å²) in [5.41, 5.74) is 12.0. The van der Waals surface area contributed by atoms with Gasteiger partial charge in [0, 0.05) is 11.1 Å². The van der Waals surface area contributed by atoms with Gasteiger partial charge in [-0.05, 0) is 93.6 Å². The quantitative estimate of drug-likeness (QED) is 0.204. The number of carbonyl (C=O) groups excluding carboxylic acids is 4. The van der Waals surface area contributed by atoms with Crippen LogP contribution < -0.4 is 16.8 Å². The Kier molecular flexibility index (Phi) is 10.6. The van der Waals surface area contributed by atoms with Crippen molar-refractivity contribution in [1.82, 2.24) is 15.1 Å². The van der Waals surface area contributed by atoms with Crippen molar-refractivity contribution in [3.63, 3.8) is 0 Å². The summed E-state index contributed by atoms with van der Waals surface area (Å²) in [5, 5.41) is 25.7. The second-order valence-corrected chi connectivity index (χ2v) is 12.6. The van der Waals surface area contributed by atoms with Crippen molar-refractivity contribution < 1.29 is 29.4 Å². The highest BCUT2D eigenvalue weighted by atomic mass is 16.3. The molecule has 0 radical (unpaired) electrons. The number of fused-ring (bicyclic) bond motifs is 1. The third-order valence-corrected chi connectivity index (χ3v) is 8.21. The van der Waals surface area contributed by atoms with Crippen LogP contribution in [0.1, 0.15) is 62.4 Å². The maximum atomic E-state index is 14.2. The van der Waals surface area contributed by atoms with Gasteiger partial charge in [0.05, 0.1) is 24.6 Å². The van der Waals surface area contributed by atoms with E-state index in [1.165, 1.54) is 12.1 Å². The minimum Gasteiger partial charge on any atom is -0.508 e. The van der Waals surface area contributed by atoms with Crippen molar-refractivity contribution in [2.24, 2.45) is 11.5 Å². The van der Waals surface area contributed by atoms with E-state index < -0.39 is 54.4 Å². The average molecular weight is 618 g/mol. The van der Waals surface area contributed by atoms with E-state index in [4.69, 9.17) is 11.5 Å². The normalized spacial score (nSPS) is 17.4. The zero-order chi connectivity index (χ0) is 32.9. The molecule has 3 aromatic carbocycles. The first-order valence-electron chi connectivity index (χ1n) is 15.2. The molecule has 0 aliphatic carbocycles. The molecule has 0 bridgehead atoms. The van der Waals surface area contributed by atoms with Gasteiger partial charge >= 0.3 is 0 Å². The summed E-state index contributed by atoms with van der Waals surface area (Å²) in [5.74, 6) is -2.94. The second-order valence-electron chi connectivity index (χ2n) is 12.6. The lowest BCUT2D eigenvalue weighted by Gasteiger charge is -2.39. The third kappa shape index (κ3) is 8.24. The number of imide groups is 1. The largest absolute Gasteiger partial charge is 0.508 e. The van der Waals surface area contributed by atoms with Gasteiger partial charge in [-0.2, -0.15) is 0 Å². The van der Waals surface area contributed by atoms with Gasteiger partial charge in [0.2, 0.25) is 17.7 Å². The van der Waals surface area contributed by atoms with Crippen LogP contribution in [0.2, 0.25) is 0 Å². The topological polar surface area (TPSA) is 179 Å². The standard InChI is InChI=1S/C34H43N5O6/c1-34(2,3)38-18-6-9-27(38)31(43)37-30(28(41)17-12-21-10-15-25(40)16-11-21)39(33(45)26(35)20-29(36)42)32(44)24-14-13-22-7-4-5-8-23(22)19-24/h4-5,7-8,10-11,13-16,19,26-28,30,40-41H,6,9,12,17-18,20,35H2,1-3H3,(H2,36,42)(H,37,43)/t26-,27-,28+,30?/m0/s1. The van der Waals surface area contributed by atoms with Gasteiger partial charge in [-0.25, -0.2) is 0 Å². The number of likely N-dealkylation sites (tertiary alicyclic amines) is 1. The number of phenolic OH excluding ortho intramolecular Hbond substituents is 1. The van der Waals surface area contributed by atoms with E-state index in [1.807, 2.05) is 45.0 Å². The molecule has 0 spiro atoms. The van der Waals surface area contributed by atoms with E-state index in [9.17, 15) is 29.4 Å². The molecule has 1 aliphatic rings. The fourth-order valence-corrected chi connectivity index (χ4v) is 5.86. The van der Waals surface area contributed by atoms with Crippen LogP contribution in [0.4, 0.5) is 0 Å². The molecule has 7 N–H and O–H groups in total. The molecular weight excluding hydrogens is 574 g/mol. The number of aromatic hydroxyl groups is 1. The smallest absolute Gasteiger partial charge is 0.262 e. The number of nitrogens with two attached hydrogens (primary N) is 2. The molecular formula is C34H43N5O6. The number of aliphatic hydroxyl groups excluding tert-OH is 1. The van der Waals surface area contributed by atoms with Crippen molar-refractivity contribution in [1.29, 1.82) is 0 Å². The molecule has 0 saturated carbocycles. The fourth-order valence-electron chi connectivity index (χ4n) is 5.86. The summed E-state index contributed by atoms with van der Waals surface area (Å²) in [6.07, 6.45) is -1.76. The molecule has 45 heavy (non-hydrogen) atoms. The molecule has 1 heterocycles. The van der Waals surface area contributed by atoms with Gasteiger partial charge in [-0.1, -0.05) is 42.5 Å². The van der Waals surface area contributed by atoms with E-state index in [1.54, 1.807) is 30.3 Å². The minimum atomic E-state index is -1.51. The van der Waals surface area contributed by atoms with Crippen molar-refractivity contribution in [2.75, 3.05) is 6.54 Å². The zero-order valence-corrected chi connectivity index (χ0v) is 26.0. The van der Waals surface area contributed by atoms with Crippen LogP contribution in [0.5, 0.6) is 5.75 Å². The van der Waals surface area contributed by atoms with E-state index in [-0.39, 0.29) is 23.3 Å². The Morgan fingerprint density at radius 1 is 1.02 bits per heavy atom. The van der Waals surface area contributed by atoms with Gasteiger partial charge in [0.1, 0.15) is 11.9 Å². The molecule has 240 valence electrons. The molecule has 1 aliphatic heterocycles. The molecule has 4 rings (SSSR count). The summed E-state index contributed by atoms with van der Waals surface area (Å²) in [6, 6.07) is 16.7. The first kappa shape index (κ1) is 33.6. The number of aliphatic hydroxyl groups is 1. The number of rotatable bonds is 11. The highest BCUT2D eigenvalue weighted by molar-refractivity contribution is 6.08. The van der Waals surface area contributed by atoms with Crippen LogP contribution in [0.3, 0.4) is 0 Å². The summed E-state index contributed by atoms with van der Waals surface area (Å²) in [4.78, 5) is 56.6. The Labute approximate surface area is 263 Å². The predicted octanol–water partition coefficient (Wildman–Crippen LogP) is 2.42. The molecule has 4 atom stereocenters. The summed E-state index contributed by atoms with van der Waals surface area (Å²) in [6.45, 7) is 6.71. The van der Waals surface area contributed by atoms with Gasteiger partial charge < -0.3 is 27.0 Å². The first-order valence-corrected chi connectivity index (χ1v) is 15.2. The Hall–Kier alpha value is -4.32. The number of aryl methyl sites for hydroxylation is 1. The number of nitrogens with zero attached hydrogens (tertiary/aromatic N) is 2.